The zero-order valence-electron chi connectivity index (χ0n) is 9.99. The van der Waals surface area contributed by atoms with Crippen LogP contribution in [0.15, 0.2) is 24.3 Å². The van der Waals surface area contributed by atoms with Crippen LogP contribution >= 0.6 is 0 Å². The summed E-state index contributed by atoms with van der Waals surface area (Å²) in [5.74, 6) is 0.585. The monoisotopic (exact) mass is 219 g/mol. The van der Waals surface area contributed by atoms with Gasteiger partial charge in [-0.1, -0.05) is 24.3 Å². The summed E-state index contributed by atoms with van der Waals surface area (Å²) in [5.41, 5.74) is 9.15. The van der Waals surface area contributed by atoms with Crippen molar-refractivity contribution in [3.63, 3.8) is 0 Å². The summed E-state index contributed by atoms with van der Waals surface area (Å²) < 4.78 is 5.41. The fraction of sp³-hybridized carbons (Fsp3) is 0.571. The van der Waals surface area contributed by atoms with Crippen molar-refractivity contribution in [3.8, 4) is 0 Å². The van der Waals surface area contributed by atoms with E-state index >= 15 is 0 Å². The Morgan fingerprint density at radius 3 is 2.88 bits per heavy atom. The van der Waals surface area contributed by atoms with Gasteiger partial charge in [0.1, 0.15) is 0 Å². The van der Waals surface area contributed by atoms with E-state index < -0.39 is 0 Å². The second-order valence-electron chi connectivity index (χ2n) is 4.59. The standard InChI is InChI=1S/C14H21NO/c1-2-16-10-14(15)13-8-7-11-5-3-4-6-12(11)9-13/h3-6,13-14H,2,7-10,15H2,1H3. The van der Waals surface area contributed by atoms with Gasteiger partial charge < -0.3 is 10.5 Å². The molecule has 2 unspecified atom stereocenters. The van der Waals surface area contributed by atoms with Crippen LogP contribution in [0.25, 0.3) is 0 Å². The molecule has 1 aliphatic carbocycles. The Morgan fingerprint density at radius 2 is 2.12 bits per heavy atom. The summed E-state index contributed by atoms with van der Waals surface area (Å²) in [5, 5.41) is 0. The Balaban J connectivity index is 1.97. The topological polar surface area (TPSA) is 35.2 Å². The zero-order chi connectivity index (χ0) is 11.4. The van der Waals surface area contributed by atoms with Crippen molar-refractivity contribution in [3.05, 3.63) is 35.4 Å². The lowest BCUT2D eigenvalue weighted by molar-refractivity contribution is 0.113. The summed E-state index contributed by atoms with van der Waals surface area (Å²) in [6, 6.07) is 8.90. The van der Waals surface area contributed by atoms with Crippen molar-refractivity contribution in [1.82, 2.24) is 0 Å². The lowest BCUT2D eigenvalue weighted by Gasteiger charge is -2.29. The van der Waals surface area contributed by atoms with Gasteiger partial charge in [-0.25, -0.2) is 0 Å². The van der Waals surface area contributed by atoms with E-state index in [4.69, 9.17) is 10.5 Å². The van der Waals surface area contributed by atoms with Crippen molar-refractivity contribution in [2.24, 2.45) is 11.7 Å². The summed E-state index contributed by atoms with van der Waals surface area (Å²) in [7, 11) is 0. The smallest absolute Gasteiger partial charge is 0.0620 e. The molecule has 0 heterocycles. The fourth-order valence-corrected chi connectivity index (χ4v) is 2.48. The van der Waals surface area contributed by atoms with E-state index in [1.807, 2.05) is 6.92 Å². The maximum atomic E-state index is 6.17. The van der Waals surface area contributed by atoms with Gasteiger partial charge in [-0.15, -0.1) is 0 Å². The minimum Gasteiger partial charge on any atom is -0.380 e. The first-order chi connectivity index (χ1) is 7.81. The molecule has 0 saturated heterocycles. The molecule has 16 heavy (non-hydrogen) atoms. The van der Waals surface area contributed by atoms with Gasteiger partial charge in [0.2, 0.25) is 0 Å². The van der Waals surface area contributed by atoms with Gasteiger partial charge in [0, 0.05) is 12.6 Å². The molecule has 0 amide bonds. The van der Waals surface area contributed by atoms with E-state index in [0.717, 1.165) is 13.0 Å². The Morgan fingerprint density at radius 1 is 1.38 bits per heavy atom. The summed E-state index contributed by atoms with van der Waals surface area (Å²) in [4.78, 5) is 0. The third-order valence-corrected chi connectivity index (χ3v) is 3.50. The molecule has 2 rings (SSSR count). The first-order valence-corrected chi connectivity index (χ1v) is 6.21. The van der Waals surface area contributed by atoms with Crippen LogP contribution in [-0.2, 0) is 17.6 Å². The van der Waals surface area contributed by atoms with Crippen LogP contribution < -0.4 is 5.73 Å². The first kappa shape index (κ1) is 11.6. The van der Waals surface area contributed by atoms with Crippen molar-refractivity contribution in [1.29, 1.82) is 0 Å². The third kappa shape index (κ3) is 2.63. The van der Waals surface area contributed by atoms with E-state index in [0.29, 0.717) is 12.5 Å². The van der Waals surface area contributed by atoms with Crippen LogP contribution in [0, 0.1) is 5.92 Å². The highest BCUT2D eigenvalue weighted by Crippen LogP contribution is 2.26. The number of nitrogens with two attached hydrogens (primary N) is 1. The number of ether oxygens (including phenoxy) is 1. The van der Waals surface area contributed by atoms with Crippen molar-refractivity contribution in [2.45, 2.75) is 32.2 Å². The van der Waals surface area contributed by atoms with Crippen LogP contribution in [0.1, 0.15) is 24.5 Å². The molecule has 0 aliphatic heterocycles. The Kier molecular flexibility index (Phi) is 3.97. The number of aryl methyl sites for hydroxylation is 1. The molecule has 88 valence electrons. The second kappa shape index (κ2) is 5.46. The molecule has 1 aromatic carbocycles. The molecular weight excluding hydrogens is 198 g/mol. The average Bonchev–Trinajstić information content (AvgIpc) is 2.35. The Bertz CT molecular complexity index is 337. The molecule has 0 bridgehead atoms. The molecule has 0 radical (unpaired) electrons. The molecule has 2 atom stereocenters. The van der Waals surface area contributed by atoms with Crippen LogP contribution in [0.2, 0.25) is 0 Å². The first-order valence-electron chi connectivity index (χ1n) is 6.21. The highest BCUT2D eigenvalue weighted by molar-refractivity contribution is 5.29. The minimum atomic E-state index is 0.188. The predicted molar refractivity (Wildman–Crippen MR) is 66.4 cm³/mol. The number of benzene rings is 1. The van der Waals surface area contributed by atoms with Gasteiger partial charge in [0.25, 0.3) is 0 Å². The normalized spacial score (nSPS) is 21.5. The lowest BCUT2D eigenvalue weighted by Crippen LogP contribution is -2.37. The molecule has 0 aromatic heterocycles. The van der Waals surface area contributed by atoms with E-state index in [1.54, 1.807) is 0 Å². The molecule has 0 spiro atoms. The van der Waals surface area contributed by atoms with Crippen molar-refractivity contribution >= 4 is 0 Å². The van der Waals surface area contributed by atoms with Gasteiger partial charge in [-0.2, -0.15) is 0 Å². The quantitative estimate of drug-likeness (QED) is 0.842. The van der Waals surface area contributed by atoms with E-state index in [2.05, 4.69) is 24.3 Å². The molecule has 2 N–H and O–H groups in total. The number of fused-ring (bicyclic) bond motifs is 1. The van der Waals surface area contributed by atoms with E-state index in [1.165, 1.54) is 24.0 Å². The highest BCUT2D eigenvalue weighted by Gasteiger charge is 2.23. The van der Waals surface area contributed by atoms with Crippen LogP contribution in [-0.4, -0.2) is 19.3 Å². The Labute approximate surface area is 97.8 Å². The lowest BCUT2D eigenvalue weighted by atomic mass is 9.80. The molecule has 1 aromatic rings. The van der Waals surface area contributed by atoms with Crippen LogP contribution in [0.4, 0.5) is 0 Å². The van der Waals surface area contributed by atoms with Gasteiger partial charge in [0.15, 0.2) is 0 Å². The zero-order valence-corrected chi connectivity index (χ0v) is 9.99. The van der Waals surface area contributed by atoms with Crippen LogP contribution in [0.3, 0.4) is 0 Å². The molecule has 0 fully saturated rings. The van der Waals surface area contributed by atoms with Gasteiger partial charge in [-0.05, 0) is 43.2 Å². The van der Waals surface area contributed by atoms with Gasteiger partial charge >= 0.3 is 0 Å². The number of hydrogen-bond acceptors (Lipinski definition) is 2. The minimum absolute atomic E-state index is 0.188. The fourth-order valence-electron chi connectivity index (χ4n) is 2.48. The van der Waals surface area contributed by atoms with Crippen molar-refractivity contribution < 1.29 is 4.74 Å². The molecule has 2 heteroatoms. The summed E-state index contributed by atoms with van der Waals surface area (Å²) in [6.45, 7) is 3.48. The maximum Gasteiger partial charge on any atom is 0.0620 e. The van der Waals surface area contributed by atoms with Crippen molar-refractivity contribution in [2.75, 3.05) is 13.2 Å². The summed E-state index contributed by atoms with van der Waals surface area (Å²) >= 11 is 0. The number of rotatable bonds is 4. The SMILES string of the molecule is CCOCC(N)C1CCc2ccccc2C1. The molecular formula is C14H21NO. The largest absolute Gasteiger partial charge is 0.380 e. The Hall–Kier alpha value is -0.860. The summed E-state index contributed by atoms with van der Waals surface area (Å²) in [6.07, 6.45) is 3.48. The van der Waals surface area contributed by atoms with E-state index in [9.17, 15) is 0 Å². The average molecular weight is 219 g/mol. The second-order valence-corrected chi connectivity index (χ2v) is 4.59. The van der Waals surface area contributed by atoms with Gasteiger partial charge in [0.05, 0.1) is 6.61 Å². The predicted octanol–water partition coefficient (Wildman–Crippen LogP) is 2.16. The number of hydrogen-bond donors (Lipinski definition) is 1. The maximum absolute atomic E-state index is 6.17. The molecule has 0 saturated carbocycles. The van der Waals surface area contributed by atoms with E-state index in [-0.39, 0.29) is 6.04 Å². The molecule has 2 nitrogen and oxygen atoms in total. The van der Waals surface area contributed by atoms with Gasteiger partial charge in [-0.3, -0.25) is 0 Å². The third-order valence-electron chi connectivity index (χ3n) is 3.50. The molecule has 1 aliphatic rings. The highest BCUT2D eigenvalue weighted by atomic mass is 16.5. The van der Waals surface area contributed by atoms with Crippen LogP contribution in [0.5, 0.6) is 0 Å².